The van der Waals surface area contributed by atoms with Crippen LogP contribution in [0.4, 0.5) is 0 Å². The van der Waals surface area contributed by atoms with Crippen molar-refractivity contribution in [3.8, 4) is 0 Å². The summed E-state index contributed by atoms with van der Waals surface area (Å²) in [5.41, 5.74) is 0.224. The third kappa shape index (κ3) is 2.84. The molecule has 5 heteroatoms. The highest BCUT2D eigenvalue weighted by atomic mass is 32.2. The summed E-state index contributed by atoms with van der Waals surface area (Å²) in [6.07, 6.45) is 2.08. The largest absolute Gasteiger partial charge is 0.478 e. The molecule has 4 nitrogen and oxygen atoms in total. The predicted molar refractivity (Wildman–Crippen MR) is 48.2 cm³/mol. The Morgan fingerprint density at radius 1 is 1.54 bits per heavy atom. The van der Waals surface area contributed by atoms with Gasteiger partial charge in [0, 0.05) is 5.57 Å². The van der Waals surface area contributed by atoms with Crippen molar-refractivity contribution >= 4 is 15.8 Å². The lowest BCUT2D eigenvalue weighted by Crippen LogP contribution is -2.05. The van der Waals surface area contributed by atoms with Crippen molar-refractivity contribution in [2.24, 2.45) is 5.92 Å². The number of hydrogen-bond donors (Lipinski definition) is 1. The lowest BCUT2D eigenvalue weighted by Gasteiger charge is -2.00. The minimum Gasteiger partial charge on any atom is -0.478 e. The van der Waals surface area contributed by atoms with Gasteiger partial charge in [0.25, 0.3) is 0 Å². The average molecular weight is 204 g/mol. The summed E-state index contributed by atoms with van der Waals surface area (Å²) in [4.78, 5) is 10.4. The van der Waals surface area contributed by atoms with Crippen LogP contribution in [0.15, 0.2) is 11.6 Å². The van der Waals surface area contributed by atoms with E-state index in [1.54, 1.807) is 0 Å². The summed E-state index contributed by atoms with van der Waals surface area (Å²) in [7, 11) is -2.90. The number of carbonyl (C=O) groups is 1. The number of allylic oxidation sites excluding steroid dienone is 1. The van der Waals surface area contributed by atoms with E-state index in [9.17, 15) is 13.2 Å². The molecular weight excluding hydrogens is 192 g/mol. The Labute approximate surface area is 77.2 Å². The molecule has 0 aromatic carbocycles. The summed E-state index contributed by atoms with van der Waals surface area (Å²) < 4.78 is 22.0. The molecule has 13 heavy (non-hydrogen) atoms. The highest BCUT2D eigenvalue weighted by Gasteiger charge is 2.26. The fraction of sp³-hybridized carbons (Fsp3) is 0.625. The maximum atomic E-state index is 11.0. The van der Waals surface area contributed by atoms with Crippen molar-refractivity contribution in [3.05, 3.63) is 11.6 Å². The van der Waals surface area contributed by atoms with E-state index in [1.165, 1.54) is 13.0 Å². The molecule has 0 aromatic rings. The summed E-state index contributed by atoms with van der Waals surface area (Å²) in [6.45, 7) is 1.48. The van der Waals surface area contributed by atoms with Crippen molar-refractivity contribution in [2.45, 2.75) is 13.3 Å². The van der Waals surface area contributed by atoms with Crippen molar-refractivity contribution < 1.29 is 18.3 Å². The Kier molecular flexibility index (Phi) is 2.75. The zero-order valence-corrected chi connectivity index (χ0v) is 8.17. The van der Waals surface area contributed by atoms with E-state index in [-0.39, 0.29) is 23.0 Å². The minimum atomic E-state index is -2.90. The Morgan fingerprint density at radius 3 is 2.54 bits per heavy atom. The van der Waals surface area contributed by atoms with Crippen LogP contribution in [-0.4, -0.2) is 31.0 Å². The third-order valence-electron chi connectivity index (χ3n) is 2.09. The molecule has 0 saturated carbocycles. The van der Waals surface area contributed by atoms with E-state index in [2.05, 4.69) is 0 Å². The van der Waals surface area contributed by atoms with E-state index in [0.29, 0.717) is 6.42 Å². The number of carboxylic acid groups (broad SMARTS) is 1. The smallest absolute Gasteiger partial charge is 0.330 e. The summed E-state index contributed by atoms with van der Waals surface area (Å²) in [6, 6.07) is 0. The van der Waals surface area contributed by atoms with Gasteiger partial charge in [0.05, 0.1) is 11.5 Å². The van der Waals surface area contributed by atoms with Crippen LogP contribution < -0.4 is 0 Å². The van der Waals surface area contributed by atoms with E-state index in [1.807, 2.05) is 0 Å². The standard InChI is InChI=1S/C8H12O4S/c1-6(8(9)10)4-7-2-3-13(11,12)5-7/h4,7H,2-3,5H2,1H3,(H,9,10). The van der Waals surface area contributed by atoms with Gasteiger partial charge in [-0.2, -0.15) is 0 Å². The predicted octanol–water partition coefficient (Wildman–Crippen LogP) is 0.452. The van der Waals surface area contributed by atoms with Gasteiger partial charge in [-0.05, 0) is 19.3 Å². The second kappa shape index (κ2) is 3.49. The van der Waals surface area contributed by atoms with Gasteiger partial charge in [-0.15, -0.1) is 0 Å². The molecule has 1 heterocycles. The number of sulfone groups is 1. The van der Waals surface area contributed by atoms with Gasteiger partial charge in [-0.25, -0.2) is 13.2 Å². The lowest BCUT2D eigenvalue weighted by molar-refractivity contribution is -0.132. The van der Waals surface area contributed by atoms with Crippen LogP contribution in [0.1, 0.15) is 13.3 Å². The maximum Gasteiger partial charge on any atom is 0.330 e. The Bertz CT molecular complexity index is 339. The monoisotopic (exact) mass is 204 g/mol. The molecule has 0 bridgehead atoms. The quantitative estimate of drug-likeness (QED) is 0.663. The molecule has 0 radical (unpaired) electrons. The second-order valence-electron chi connectivity index (χ2n) is 3.32. The molecule has 1 N–H and O–H groups in total. The topological polar surface area (TPSA) is 71.4 Å². The van der Waals surface area contributed by atoms with Crippen LogP contribution in [0.2, 0.25) is 0 Å². The van der Waals surface area contributed by atoms with E-state index >= 15 is 0 Å². The van der Waals surface area contributed by atoms with E-state index in [4.69, 9.17) is 5.11 Å². The van der Waals surface area contributed by atoms with E-state index in [0.717, 1.165) is 0 Å². The van der Waals surface area contributed by atoms with Crippen molar-refractivity contribution in [1.29, 1.82) is 0 Å². The average Bonchev–Trinajstić information content (AvgIpc) is 2.30. The maximum absolute atomic E-state index is 11.0. The zero-order chi connectivity index (χ0) is 10.1. The third-order valence-corrected chi connectivity index (χ3v) is 3.88. The van der Waals surface area contributed by atoms with Gasteiger partial charge < -0.3 is 5.11 Å². The molecule has 0 aromatic heterocycles. The normalized spacial score (nSPS) is 27.5. The van der Waals surface area contributed by atoms with Crippen LogP contribution in [0.3, 0.4) is 0 Å². The van der Waals surface area contributed by atoms with Gasteiger partial charge >= 0.3 is 5.97 Å². The highest BCUT2D eigenvalue weighted by Crippen LogP contribution is 2.20. The van der Waals surface area contributed by atoms with Crippen LogP contribution >= 0.6 is 0 Å². The van der Waals surface area contributed by atoms with Crippen LogP contribution in [0.25, 0.3) is 0 Å². The fourth-order valence-corrected chi connectivity index (χ4v) is 3.12. The number of rotatable bonds is 2. The van der Waals surface area contributed by atoms with Crippen molar-refractivity contribution in [3.63, 3.8) is 0 Å². The van der Waals surface area contributed by atoms with Gasteiger partial charge in [-0.3, -0.25) is 0 Å². The van der Waals surface area contributed by atoms with Gasteiger partial charge in [-0.1, -0.05) is 6.08 Å². The molecule has 0 spiro atoms. The minimum absolute atomic E-state index is 0.0949. The Hall–Kier alpha value is -0.840. The molecule has 0 amide bonds. The summed E-state index contributed by atoms with van der Waals surface area (Å²) >= 11 is 0. The van der Waals surface area contributed by atoms with Gasteiger partial charge in [0.15, 0.2) is 9.84 Å². The molecule has 1 rings (SSSR count). The number of aliphatic carboxylic acids is 1. The van der Waals surface area contributed by atoms with Crippen molar-refractivity contribution in [2.75, 3.05) is 11.5 Å². The molecule has 74 valence electrons. The summed E-state index contributed by atoms with van der Waals surface area (Å²) in [5.74, 6) is -0.816. The highest BCUT2D eigenvalue weighted by molar-refractivity contribution is 7.91. The van der Waals surface area contributed by atoms with Crippen LogP contribution in [0, 0.1) is 5.92 Å². The first-order chi connectivity index (χ1) is 5.91. The second-order valence-corrected chi connectivity index (χ2v) is 5.55. The van der Waals surface area contributed by atoms with Crippen molar-refractivity contribution in [1.82, 2.24) is 0 Å². The molecule has 0 aliphatic carbocycles. The zero-order valence-electron chi connectivity index (χ0n) is 7.36. The molecule has 1 saturated heterocycles. The van der Waals surface area contributed by atoms with Crippen LogP contribution in [-0.2, 0) is 14.6 Å². The molecule has 1 aliphatic rings. The Morgan fingerprint density at radius 2 is 2.15 bits per heavy atom. The molecular formula is C8H12O4S. The first-order valence-electron chi connectivity index (χ1n) is 4.03. The SMILES string of the molecule is CC(=CC1CCS(=O)(=O)C1)C(=O)O. The Balaban J connectivity index is 2.69. The van der Waals surface area contributed by atoms with E-state index < -0.39 is 15.8 Å². The van der Waals surface area contributed by atoms with Gasteiger partial charge in [0.2, 0.25) is 0 Å². The number of carboxylic acids is 1. The molecule has 1 aliphatic heterocycles. The molecule has 1 unspecified atom stereocenters. The first kappa shape index (κ1) is 10.2. The fourth-order valence-electron chi connectivity index (χ4n) is 1.38. The van der Waals surface area contributed by atoms with Crippen LogP contribution in [0.5, 0.6) is 0 Å². The molecule has 1 atom stereocenters. The first-order valence-corrected chi connectivity index (χ1v) is 5.85. The van der Waals surface area contributed by atoms with Gasteiger partial charge in [0.1, 0.15) is 0 Å². The lowest BCUT2D eigenvalue weighted by atomic mass is 10.1. The summed E-state index contributed by atoms with van der Waals surface area (Å²) in [5, 5.41) is 8.55. The molecule has 1 fully saturated rings. The number of hydrogen-bond acceptors (Lipinski definition) is 3.